The van der Waals surface area contributed by atoms with Crippen molar-refractivity contribution in [3.8, 4) is 0 Å². The second-order valence-electron chi connectivity index (χ2n) is 13.2. The van der Waals surface area contributed by atoms with Crippen molar-refractivity contribution in [1.29, 1.82) is 0 Å². The number of halogens is 2. The molecule has 0 aromatic heterocycles. The van der Waals surface area contributed by atoms with E-state index in [1.54, 1.807) is 0 Å². The van der Waals surface area contributed by atoms with Crippen LogP contribution in [0.1, 0.15) is 137 Å². The quantitative estimate of drug-likeness (QED) is 0.0684. The second kappa shape index (κ2) is 29.3. The first-order valence-corrected chi connectivity index (χ1v) is 19.1. The number of rotatable bonds is 30. The highest BCUT2D eigenvalue weighted by atomic mass is 35.5. The summed E-state index contributed by atoms with van der Waals surface area (Å²) in [5.41, 5.74) is 0. The molecule has 5 nitrogen and oxygen atoms in total. The molecule has 0 N–H and O–H groups in total. The van der Waals surface area contributed by atoms with Gasteiger partial charge in [0.2, 0.25) is 0 Å². The predicted molar refractivity (Wildman–Crippen MR) is 173 cm³/mol. The van der Waals surface area contributed by atoms with Gasteiger partial charge in [-0.1, -0.05) is 96.8 Å². The van der Waals surface area contributed by atoms with Crippen molar-refractivity contribution in [3.63, 3.8) is 0 Å². The average Bonchev–Trinajstić information content (AvgIpc) is 2.88. The lowest BCUT2D eigenvalue weighted by molar-refractivity contribution is -0.946. The molecular weight excluding hydrogens is 571 g/mol. The molecule has 41 heavy (non-hydrogen) atoms. The second-order valence-corrected chi connectivity index (χ2v) is 15.9. The Balaban J connectivity index is -0.00000722. The Bertz CT molecular complexity index is 526. The highest BCUT2D eigenvalue weighted by Gasteiger charge is 2.40. The Labute approximate surface area is 272 Å². The molecular formula is C33H74Cl2N2O3Si. The van der Waals surface area contributed by atoms with Gasteiger partial charge in [0.15, 0.2) is 0 Å². The van der Waals surface area contributed by atoms with Gasteiger partial charge in [-0.05, 0) is 33.6 Å². The van der Waals surface area contributed by atoms with Gasteiger partial charge < -0.3 is 47.1 Å². The van der Waals surface area contributed by atoms with E-state index in [9.17, 15) is 0 Å². The summed E-state index contributed by atoms with van der Waals surface area (Å²) in [4.78, 5) is 0. The van der Waals surface area contributed by atoms with Crippen LogP contribution in [0.5, 0.6) is 0 Å². The summed E-state index contributed by atoms with van der Waals surface area (Å²) in [6, 6.07) is 0.918. The van der Waals surface area contributed by atoms with E-state index in [-0.39, 0.29) is 24.8 Å². The Kier molecular flexibility index (Phi) is 32.9. The highest BCUT2D eigenvalue weighted by molar-refractivity contribution is 6.60. The molecule has 0 heterocycles. The van der Waals surface area contributed by atoms with E-state index in [1.807, 2.05) is 20.8 Å². The number of hydrogen-bond acceptors (Lipinski definition) is 3. The SMILES string of the molecule is CCCCCCCCCCCCCCCCCC[N+](C)(C)CC[N+](C)(C)CCC[Si](OCC)(OCC)OCC.[Cl-].[Cl-]. The minimum Gasteiger partial charge on any atom is -1.00 e. The third kappa shape index (κ3) is 27.9. The third-order valence-electron chi connectivity index (χ3n) is 8.27. The molecule has 0 fully saturated rings. The molecule has 0 rings (SSSR count). The monoisotopic (exact) mass is 644 g/mol. The maximum absolute atomic E-state index is 6.05. The largest absolute Gasteiger partial charge is 1.00 e. The predicted octanol–water partition coefficient (Wildman–Crippen LogP) is 2.85. The van der Waals surface area contributed by atoms with Crippen LogP contribution in [-0.2, 0) is 13.3 Å². The van der Waals surface area contributed by atoms with Gasteiger partial charge >= 0.3 is 8.80 Å². The van der Waals surface area contributed by atoms with E-state index in [0.29, 0.717) is 19.8 Å². The van der Waals surface area contributed by atoms with Crippen molar-refractivity contribution < 1.29 is 47.1 Å². The first-order chi connectivity index (χ1) is 18.7. The Morgan fingerprint density at radius 1 is 0.390 bits per heavy atom. The summed E-state index contributed by atoms with van der Waals surface area (Å²) >= 11 is 0. The van der Waals surface area contributed by atoms with Crippen LogP contribution in [0.25, 0.3) is 0 Å². The van der Waals surface area contributed by atoms with Crippen LogP contribution < -0.4 is 24.8 Å². The summed E-state index contributed by atoms with van der Waals surface area (Å²) in [5.74, 6) is 0. The van der Waals surface area contributed by atoms with Crippen molar-refractivity contribution in [2.75, 3.05) is 74.2 Å². The molecule has 8 heteroatoms. The van der Waals surface area contributed by atoms with Gasteiger partial charge in [0.05, 0.1) is 41.3 Å². The Hall–Kier alpha value is 0.597. The standard InChI is InChI=1S/C33H74N2O3Si.2ClH/c1-9-13-14-15-16-17-18-19-20-21-22-23-24-25-26-27-29-34(5,6)31-32-35(7,8)30-28-33-39(36-10-2,37-11-3)38-12-4;;/h9-33H2,1-8H3;2*1H/q+2;;/p-2. The molecule has 0 spiro atoms. The van der Waals surface area contributed by atoms with E-state index in [2.05, 4.69) is 35.1 Å². The van der Waals surface area contributed by atoms with E-state index in [1.165, 1.54) is 122 Å². The average molecular weight is 646 g/mol. The molecule has 0 bridgehead atoms. The number of quaternary nitrogens is 2. The lowest BCUT2D eigenvalue weighted by atomic mass is 10.0. The smallest absolute Gasteiger partial charge is 0.501 e. The summed E-state index contributed by atoms with van der Waals surface area (Å²) in [5, 5.41) is 0. The first-order valence-electron chi connectivity index (χ1n) is 17.2. The fraction of sp³-hybridized carbons (Fsp3) is 1.00. The van der Waals surface area contributed by atoms with E-state index < -0.39 is 8.80 Å². The number of hydrogen-bond donors (Lipinski definition) is 0. The van der Waals surface area contributed by atoms with Gasteiger partial charge in [0, 0.05) is 32.3 Å². The summed E-state index contributed by atoms with van der Waals surface area (Å²) in [7, 11) is 7.07. The van der Waals surface area contributed by atoms with Crippen LogP contribution >= 0.6 is 0 Å². The van der Waals surface area contributed by atoms with E-state index in [4.69, 9.17) is 13.3 Å². The Morgan fingerprint density at radius 2 is 0.683 bits per heavy atom. The minimum absolute atomic E-state index is 0. The Morgan fingerprint density at radius 3 is 1.00 bits per heavy atom. The van der Waals surface area contributed by atoms with Crippen molar-refractivity contribution in [2.45, 2.75) is 143 Å². The normalized spacial score (nSPS) is 12.3. The molecule has 252 valence electrons. The van der Waals surface area contributed by atoms with Crippen LogP contribution in [0.3, 0.4) is 0 Å². The lowest BCUT2D eigenvalue weighted by Gasteiger charge is -2.36. The van der Waals surface area contributed by atoms with Crippen molar-refractivity contribution >= 4 is 8.80 Å². The van der Waals surface area contributed by atoms with Crippen molar-refractivity contribution in [3.05, 3.63) is 0 Å². The molecule has 0 saturated heterocycles. The third-order valence-corrected chi connectivity index (χ3v) is 11.4. The molecule has 0 aromatic carbocycles. The van der Waals surface area contributed by atoms with Gasteiger partial charge in [-0.15, -0.1) is 0 Å². The first kappa shape index (κ1) is 46.0. The molecule has 0 saturated carbocycles. The summed E-state index contributed by atoms with van der Waals surface area (Å²) in [6.07, 6.45) is 24.1. The topological polar surface area (TPSA) is 27.7 Å². The molecule has 0 unspecified atom stereocenters. The van der Waals surface area contributed by atoms with Gasteiger partial charge in [-0.25, -0.2) is 0 Å². The van der Waals surface area contributed by atoms with Crippen LogP contribution in [0.15, 0.2) is 0 Å². The number of likely N-dealkylation sites (N-methyl/N-ethyl adjacent to an activating group) is 2. The number of unbranched alkanes of at least 4 members (excludes halogenated alkanes) is 15. The molecule has 0 amide bonds. The zero-order valence-electron chi connectivity index (χ0n) is 29.1. The van der Waals surface area contributed by atoms with Crippen molar-refractivity contribution in [1.82, 2.24) is 0 Å². The summed E-state index contributed by atoms with van der Waals surface area (Å²) < 4.78 is 20.3. The van der Waals surface area contributed by atoms with Crippen LogP contribution in [0.2, 0.25) is 6.04 Å². The molecule has 0 aliphatic rings. The fourth-order valence-corrected chi connectivity index (χ4v) is 8.17. The van der Waals surface area contributed by atoms with Gasteiger partial charge in [-0.3, -0.25) is 0 Å². The van der Waals surface area contributed by atoms with Crippen LogP contribution in [-0.4, -0.2) is 92.0 Å². The molecule has 0 aliphatic heterocycles. The fourth-order valence-electron chi connectivity index (χ4n) is 5.58. The zero-order valence-corrected chi connectivity index (χ0v) is 31.6. The maximum atomic E-state index is 6.05. The molecule has 0 aliphatic carbocycles. The molecule has 0 radical (unpaired) electrons. The van der Waals surface area contributed by atoms with Crippen LogP contribution in [0.4, 0.5) is 0 Å². The van der Waals surface area contributed by atoms with E-state index in [0.717, 1.165) is 28.0 Å². The van der Waals surface area contributed by atoms with Gasteiger partial charge in [0.1, 0.15) is 13.1 Å². The van der Waals surface area contributed by atoms with Crippen LogP contribution in [0, 0.1) is 0 Å². The highest BCUT2D eigenvalue weighted by Crippen LogP contribution is 2.20. The van der Waals surface area contributed by atoms with Gasteiger partial charge in [0.25, 0.3) is 0 Å². The minimum atomic E-state index is -2.52. The summed E-state index contributed by atoms with van der Waals surface area (Å²) in [6.45, 7) is 15.3. The number of nitrogens with zero attached hydrogens (tertiary/aromatic N) is 2. The zero-order chi connectivity index (χ0) is 29.3. The molecule has 0 atom stereocenters. The maximum Gasteiger partial charge on any atom is 0.501 e. The van der Waals surface area contributed by atoms with E-state index >= 15 is 0 Å². The lowest BCUT2D eigenvalue weighted by Crippen LogP contribution is -3.00. The van der Waals surface area contributed by atoms with Gasteiger partial charge in [-0.2, -0.15) is 0 Å². The van der Waals surface area contributed by atoms with Crippen molar-refractivity contribution in [2.24, 2.45) is 0 Å². The molecule has 0 aromatic rings.